The molecule has 0 aliphatic carbocycles. The lowest BCUT2D eigenvalue weighted by molar-refractivity contribution is 0.0950. The summed E-state index contributed by atoms with van der Waals surface area (Å²) in [6.45, 7) is 2.31. The van der Waals surface area contributed by atoms with Crippen molar-refractivity contribution in [2.45, 2.75) is 13.5 Å². The highest BCUT2D eigenvalue weighted by atomic mass is 16.1. The lowest BCUT2D eigenvalue weighted by atomic mass is 10.1. The van der Waals surface area contributed by atoms with Crippen LogP contribution >= 0.6 is 0 Å². The van der Waals surface area contributed by atoms with Crippen molar-refractivity contribution in [2.75, 3.05) is 0 Å². The van der Waals surface area contributed by atoms with Crippen LogP contribution in [0.1, 0.15) is 21.6 Å². The van der Waals surface area contributed by atoms with E-state index in [-0.39, 0.29) is 5.91 Å². The molecule has 0 atom stereocenters. The summed E-state index contributed by atoms with van der Waals surface area (Å²) in [5.74, 6) is -0.123. The van der Waals surface area contributed by atoms with Gasteiger partial charge in [-0.05, 0) is 29.7 Å². The number of aromatic nitrogens is 3. The Balaban J connectivity index is 1.65. The first-order valence-corrected chi connectivity index (χ1v) is 7.01. The third-order valence-electron chi connectivity index (χ3n) is 3.48. The molecule has 0 bridgehead atoms. The van der Waals surface area contributed by atoms with Crippen molar-refractivity contribution in [3.05, 3.63) is 71.8 Å². The molecule has 1 amide bonds. The van der Waals surface area contributed by atoms with E-state index in [2.05, 4.69) is 20.5 Å². The molecule has 22 heavy (non-hydrogen) atoms. The van der Waals surface area contributed by atoms with Crippen LogP contribution in [-0.4, -0.2) is 21.1 Å². The lowest BCUT2D eigenvalue weighted by Crippen LogP contribution is -2.23. The smallest absolute Gasteiger partial charge is 0.255 e. The van der Waals surface area contributed by atoms with Gasteiger partial charge in [-0.1, -0.05) is 30.3 Å². The van der Waals surface area contributed by atoms with Gasteiger partial charge in [-0.3, -0.25) is 14.9 Å². The quantitative estimate of drug-likeness (QED) is 0.776. The number of amides is 1. The molecule has 0 fully saturated rings. The molecule has 2 aromatic heterocycles. The molecule has 110 valence electrons. The Morgan fingerprint density at radius 3 is 2.59 bits per heavy atom. The zero-order valence-corrected chi connectivity index (χ0v) is 12.2. The fourth-order valence-corrected chi connectivity index (χ4v) is 2.21. The van der Waals surface area contributed by atoms with Gasteiger partial charge in [-0.15, -0.1) is 0 Å². The van der Waals surface area contributed by atoms with Gasteiger partial charge in [0.15, 0.2) is 0 Å². The van der Waals surface area contributed by atoms with Gasteiger partial charge >= 0.3 is 0 Å². The van der Waals surface area contributed by atoms with E-state index in [0.717, 1.165) is 22.4 Å². The predicted octanol–water partition coefficient (Wildman–Crippen LogP) is 2.71. The monoisotopic (exact) mass is 292 g/mol. The van der Waals surface area contributed by atoms with Crippen LogP contribution in [0.2, 0.25) is 0 Å². The van der Waals surface area contributed by atoms with Crippen molar-refractivity contribution in [1.29, 1.82) is 0 Å². The van der Waals surface area contributed by atoms with Crippen LogP contribution in [0.3, 0.4) is 0 Å². The summed E-state index contributed by atoms with van der Waals surface area (Å²) in [5, 5.41) is 9.50. The average molecular weight is 292 g/mol. The first-order valence-electron chi connectivity index (χ1n) is 7.01. The van der Waals surface area contributed by atoms with E-state index in [1.165, 1.54) is 6.20 Å². The Hall–Kier alpha value is -2.95. The molecule has 5 nitrogen and oxygen atoms in total. The molecule has 2 heterocycles. The first kappa shape index (κ1) is 14.0. The molecule has 5 heteroatoms. The number of hydrogen-bond donors (Lipinski definition) is 2. The Bertz CT molecular complexity index is 763. The fourth-order valence-electron chi connectivity index (χ4n) is 2.21. The lowest BCUT2D eigenvalue weighted by Gasteiger charge is -2.06. The summed E-state index contributed by atoms with van der Waals surface area (Å²) < 4.78 is 0. The van der Waals surface area contributed by atoms with Gasteiger partial charge in [-0.2, -0.15) is 5.10 Å². The average Bonchev–Trinajstić information content (AvgIpc) is 3.00. The van der Waals surface area contributed by atoms with Crippen LogP contribution in [0.25, 0.3) is 11.1 Å². The highest BCUT2D eigenvalue weighted by Crippen LogP contribution is 2.18. The molecule has 0 spiro atoms. The molecule has 0 aliphatic rings. The summed E-state index contributed by atoms with van der Waals surface area (Å²) in [6, 6.07) is 12.0. The summed E-state index contributed by atoms with van der Waals surface area (Å²) >= 11 is 0. The maximum atomic E-state index is 12.0. The zero-order valence-electron chi connectivity index (χ0n) is 12.2. The van der Waals surface area contributed by atoms with Gasteiger partial charge in [0.1, 0.15) is 0 Å². The zero-order chi connectivity index (χ0) is 15.4. The van der Waals surface area contributed by atoms with E-state index in [4.69, 9.17) is 0 Å². The van der Waals surface area contributed by atoms with Crippen LogP contribution in [0.4, 0.5) is 0 Å². The Morgan fingerprint density at radius 2 is 1.95 bits per heavy atom. The number of carbonyl (C=O) groups is 1. The topological polar surface area (TPSA) is 70.7 Å². The van der Waals surface area contributed by atoms with Gasteiger partial charge in [0, 0.05) is 24.6 Å². The molecule has 0 saturated carbocycles. The second-order valence-electron chi connectivity index (χ2n) is 5.03. The number of benzene rings is 1. The van der Waals surface area contributed by atoms with E-state index >= 15 is 0 Å². The summed E-state index contributed by atoms with van der Waals surface area (Å²) in [5.41, 5.74) is 4.57. The van der Waals surface area contributed by atoms with Crippen LogP contribution in [0.5, 0.6) is 0 Å². The van der Waals surface area contributed by atoms with Crippen molar-refractivity contribution >= 4 is 5.91 Å². The number of carbonyl (C=O) groups excluding carboxylic acids is 1. The van der Waals surface area contributed by atoms with E-state index in [0.29, 0.717) is 12.1 Å². The number of pyridine rings is 1. The highest BCUT2D eigenvalue weighted by Gasteiger charge is 2.10. The third kappa shape index (κ3) is 3.03. The van der Waals surface area contributed by atoms with Gasteiger partial charge in [-0.25, -0.2) is 0 Å². The van der Waals surface area contributed by atoms with Crippen LogP contribution < -0.4 is 5.32 Å². The number of H-pyrrole nitrogens is 1. The summed E-state index contributed by atoms with van der Waals surface area (Å²) in [6.07, 6.45) is 5.12. The van der Waals surface area contributed by atoms with Crippen molar-refractivity contribution < 1.29 is 4.79 Å². The van der Waals surface area contributed by atoms with Gasteiger partial charge in [0.25, 0.3) is 5.91 Å². The molecule has 3 aromatic rings. The minimum Gasteiger partial charge on any atom is -0.348 e. The van der Waals surface area contributed by atoms with E-state index in [9.17, 15) is 4.79 Å². The van der Waals surface area contributed by atoms with Crippen LogP contribution in [0.15, 0.2) is 55.0 Å². The Morgan fingerprint density at radius 1 is 1.14 bits per heavy atom. The number of aromatic amines is 1. The second kappa shape index (κ2) is 6.22. The SMILES string of the molecule is Cc1[nH]ncc1C(=O)NCc1ccc(-c2cccnc2)cc1. The Labute approximate surface area is 128 Å². The van der Waals surface area contributed by atoms with Crippen molar-refractivity contribution in [1.82, 2.24) is 20.5 Å². The molecule has 2 N–H and O–H groups in total. The molecule has 1 aromatic carbocycles. The van der Waals surface area contributed by atoms with Crippen molar-refractivity contribution in [3.8, 4) is 11.1 Å². The number of nitrogens with one attached hydrogen (secondary N) is 2. The Kier molecular flexibility index (Phi) is 3.96. The molecular weight excluding hydrogens is 276 g/mol. The third-order valence-corrected chi connectivity index (χ3v) is 3.48. The minimum atomic E-state index is -0.123. The number of aryl methyl sites for hydroxylation is 1. The number of rotatable bonds is 4. The maximum Gasteiger partial charge on any atom is 0.255 e. The summed E-state index contributed by atoms with van der Waals surface area (Å²) in [4.78, 5) is 16.1. The van der Waals surface area contributed by atoms with Gasteiger partial charge < -0.3 is 5.32 Å². The maximum absolute atomic E-state index is 12.0. The van der Waals surface area contributed by atoms with E-state index < -0.39 is 0 Å². The molecule has 0 unspecified atom stereocenters. The fraction of sp³-hybridized carbons (Fsp3) is 0.118. The van der Waals surface area contributed by atoms with E-state index in [1.807, 2.05) is 49.5 Å². The molecule has 3 rings (SSSR count). The highest BCUT2D eigenvalue weighted by molar-refractivity contribution is 5.94. The minimum absolute atomic E-state index is 0.123. The first-order chi connectivity index (χ1) is 10.7. The van der Waals surface area contributed by atoms with Crippen LogP contribution in [-0.2, 0) is 6.54 Å². The summed E-state index contributed by atoms with van der Waals surface area (Å²) in [7, 11) is 0. The molecule has 0 saturated heterocycles. The molecule has 0 radical (unpaired) electrons. The van der Waals surface area contributed by atoms with E-state index in [1.54, 1.807) is 6.20 Å². The second-order valence-corrected chi connectivity index (χ2v) is 5.03. The number of hydrogen-bond acceptors (Lipinski definition) is 3. The van der Waals surface area contributed by atoms with Crippen LogP contribution in [0, 0.1) is 6.92 Å². The molecule has 0 aliphatic heterocycles. The largest absolute Gasteiger partial charge is 0.348 e. The van der Waals surface area contributed by atoms with Crippen molar-refractivity contribution in [3.63, 3.8) is 0 Å². The molecular formula is C17H16N4O. The van der Waals surface area contributed by atoms with Gasteiger partial charge in [0.2, 0.25) is 0 Å². The van der Waals surface area contributed by atoms with Crippen molar-refractivity contribution in [2.24, 2.45) is 0 Å². The normalized spacial score (nSPS) is 10.4. The predicted molar refractivity (Wildman–Crippen MR) is 84.2 cm³/mol. The number of nitrogens with zero attached hydrogens (tertiary/aromatic N) is 2. The van der Waals surface area contributed by atoms with Gasteiger partial charge in [0.05, 0.1) is 11.8 Å². The standard InChI is InChI=1S/C17H16N4O/c1-12-16(11-20-21-12)17(22)19-9-13-4-6-14(7-5-13)15-3-2-8-18-10-15/h2-8,10-11H,9H2,1H3,(H,19,22)(H,20,21).